The molecule has 1 aliphatic rings. The Bertz CT molecular complexity index is 609. The molecule has 0 aliphatic carbocycles. The van der Waals surface area contributed by atoms with Crippen molar-refractivity contribution in [2.45, 2.75) is 31.7 Å². The number of nitrogens with two attached hydrogens (primary N) is 1. The number of aryl methyl sites for hydroxylation is 1. The van der Waals surface area contributed by atoms with Gasteiger partial charge in [0.25, 0.3) is 0 Å². The van der Waals surface area contributed by atoms with Crippen LogP contribution in [0.2, 0.25) is 0 Å². The molecular formula is C18H20FNO. The minimum Gasteiger partial charge on any atom is -0.493 e. The number of rotatable bonds is 5. The van der Waals surface area contributed by atoms with E-state index in [2.05, 4.69) is 18.2 Å². The van der Waals surface area contributed by atoms with Crippen molar-refractivity contribution in [2.75, 3.05) is 6.61 Å². The maximum absolute atomic E-state index is 12.9. The van der Waals surface area contributed by atoms with Crippen LogP contribution in [0.3, 0.4) is 0 Å². The van der Waals surface area contributed by atoms with Gasteiger partial charge in [0.05, 0.1) is 6.61 Å². The highest BCUT2D eigenvalue weighted by Crippen LogP contribution is 2.26. The van der Waals surface area contributed by atoms with Crippen LogP contribution in [0.25, 0.3) is 0 Å². The second-order valence-corrected chi connectivity index (χ2v) is 5.67. The first-order valence-electron chi connectivity index (χ1n) is 7.45. The van der Waals surface area contributed by atoms with E-state index in [0.717, 1.165) is 43.6 Å². The van der Waals surface area contributed by atoms with Crippen molar-refractivity contribution in [1.29, 1.82) is 0 Å². The number of ether oxygens (including phenoxy) is 1. The van der Waals surface area contributed by atoms with Crippen LogP contribution in [-0.2, 0) is 19.3 Å². The Kier molecular flexibility index (Phi) is 4.20. The van der Waals surface area contributed by atoms with Crippen molar-refractivity contribution in [3.63, 3.8) is 0 Å². The number of fused-ring (bicyclic) bond motifs is 1. The van der Waals surface area contributed by atoms with E-state index in [4.69, 9.17) is 10.5 Å². The number of hydrogen-bond donors (Lipinski definition) is 1. The van der Waals surface area contributed by atoms with Crippen LogP contribution in [0.15, 0.2) is 42.5 Å². The molecule has 2 aromatic carbocycles. The van der Waals surface area contributed by atoms with Gasteiger partial charge in [-0.1, -0.05) is 24.3 Å². The summed E-state index contributed by atoms with van der Waals surface area (Å²) in [5.41, 5.74) is 9.89. The maximum Gasteiger partial charge on any atom is 0.123 e. The lowest BCUT2D eigenvalue weighted by molar-refractivity contribution is 0.357. The lowest BCUT2D eigenvalue weighted by Crippen LogP contribution is -2.23. The molecule has 0 spiro atoms. The highest BCUT2D eigenvalue weighted by Gasteiger charge is 2.12. The molecule has 110 valence electrons. The van der Waals surface area contributed by atoms with Gasteiger partial charge in [0, 0.05) is 12.5 Å². The van der Waals surface area contributed by atoms with E-state index in [-0.39, 0.29) is 11.9 Å². The predicted molar refractivity (Wildman–Crippen MR) is 82.0 cm³/mol. The van der Waals surface area contributed by atoms with Crippen molar-refractivity contribution < 1.29 is 9.13 Å². The molecule has 0 radical (unpaired) electrons. The number of benzene rings is 2. The summed E-state index contributed by atoms with van der Waals surface area (Å²) in [6, 6.07) is 13.1. The fourth-order valence-electron chi connectivity index (χ4n) is 2.77. The van der Waals surface area contributed by atoms with Gasteiger partial charge in [-0.2, -0.15) is 0 Å². The zero-order valence-corrected chi connectivity index (χ0v) is 12.0. The third-order valence-electron chi connectivity index (χ3n) is 3.97. The summed E-state index contributed by atoms with van der Waals surface area (Å²) < 4.78 is 18.4. The van der Waals surface area contributed by atoms with Crippen molar-refractivity contribution >= 4 is 0 Å². The molecule has 0 fully saturated rings. The topological polar surface area (TPSA) is 35.2 Å². The molecule has 2 N–H and O–H groups in total. The average molecular weight is 285 g/mol. The third kappa shape index (κ3) is 3.61. The quantitative estimate of drug-likeness (QED) is 0.915. The minimum absolute atomic E-state index is 0.0972. The predicted octanol–water partition coefficient (Wildman–Crippen LogP) is 3.26. The number of hydrogen-bond acceptors (Lipinski definition) is 2. The first-order chi connectivity index (χ1) is 10.2. The van der Waals surface area contributed by atoms with E-state index in [1.54, 1.807) is 0 Å². The summed E-state index contributed by atoms with van der Waals surface area (Å²) in [6.07, 6.45) is 3.69. The van der Waals surface area contributed by atoms with Crippen molar-refractivity contribution in [2.24, 2.45) is 5.73 Å². The Hall–Kier alpha value is -1.87. The van der Waals surface area contributed by atoms with Crippen molar-refractivity contribution in [3.8, 4) is 5.75 Å². The van der Waals surface area contributed by atoms with Gasteiger partial charge in [-0.25, -0.2) is 4.39 Å². The normalized spacial score (nSPS) is 14.6. The van der Waals surface area contributed by atoms with Crippen LogP contribution in [0.5, 0.6) is 5.75 Å². The van der Waals surface area contributed by atoms with Gasteiger partial charge >= 0.3 is 0 Å². The van der Waals surface area contributed by atoms with Crippen LogP contribution >= 0.6 is 0 Å². The fraction of sp³-hybridized carbons (Fsp3) is 0.333. The molecule has 1 aliphatic heterocycles. The molecule has 1 atom stereocenters. The maximum atomic E-state index is 12.9. The summed E-state index contributed by atoms with van der Waals surface area (Å²) in [7, 11) is 0. The van der Waals surface area contributed by atoms with Crippen LogP contribution < -0.4 is 10.5 Å². The first kappa shape index (κ1) is 14.1. The molecule has 21 heavy (non-hydrogen) atoms. The van der Waals surface area contributed by atoms with Gasteiger partial charge in [0.15, 0.2) is 0 Å². The lowest BCUT2D eigenvalue weighted by Gasteiger charge is -2.12. The fourth-order valence-corrected chi connectivity index (χ4v) is 2.77. The van der Waals surface area contributed by atoms with E-state index in [0.29, 0.717) is 0 Å². The molecule has 0 saturated carbocycles. The standard InChI is InChI=1S/C18H20FNO/c19-16-5-1-14(2-6-16)12-17(20)7-3-13-4-8-18-15(11-13)9-10-21-18/h1-2,4-6,8,11,17H,3,7,9-10,12,20H2. The van der Waals surface area contributed by atoms with Crippen molar-refractivity contribution in [1.82, 2.24) is 0 Å². The Labute approximate surface area is 124 Å². The van der Waals surface area contributed by atoms with E-state index in [9.17, 15) is 4.39 Å². The molecule has 1 heterocycles. The highest BCUT2D eigenvalue weighted by atomic mass is 19.1. The molecule has 2 nitrogen and oxygen atoms in total. The molecule has 0 saturated heterocycles. The van der Waals surface area contributed by atoms with Gasteiger partial charge in [0.2, 0.25) is 0 Å². The van der Waals surface area contributed by atoms with Crippen LogP contribution in [0, 0.1) is 5.82 Å². The van der Waals surface area contributed by atoms with Gasteiger partial charge in [-0.15, -0.1) is 0 Å². The Balaban J connectivity index is 1.53. The summed E-state index contributed by atoms with van der Waals surface area (Å²) in [4.78, 5) is 0. The van der Waals surface area contributed by atoms with E-state index in [1.807, 2.05) is 12.1 Å². The van der Waals surface area contributed by atoms with Crippen LogP contribution in [-0.4, -0.2) is 12.6 Å². The van der Waals surface area contributed by atoms with Gasteiger partial charge in [-0.3, -0.25) is 0 Å². The summed E-state index contributed by atoms with van der Waals surface area (Å²) >= 11 is 0. The molecule has 0 amide bonds. The van der Waals surface area contributed by atoms with Gasteiger partial charge < -0.3 is 10.5 Å². The summed E-state index contributed by atoms with van der Waals surface area (Å²) in [5.74, 6) is 0.821. The molecule has 3 heteroatoms. The zero-order valence-electron chi connectivity index (χ0n) is 12.0. The SMILES string of the molecule is NC(CCc1ccc2c(c1)CCO2)Cc1ccc(F)cc1. The van der Waals surface area contributed by atoms with E-state index >= 15 is 0 Å². The zero-order chi connectivity index (χ0) is 14.7. The van der Waals surface area contributed by atoms with E-state index < -0.39 is 0 Å². The first-order valence-corrected chi connectivity index (χ1v) is 7.45. The lowest BCUT2D eigenvalue weighted by atomic mass is 9.98. The average Bonchev–Trinajstić information content (AvgIpc) is 2.95. The third-order valence-corrected chi connectivity index (χ3v) is 3.97. The Morgan fingerprint density at radius 2 is 1.86 bits per heavy atom. The highest BCUT2D eigenvalue weighted by molar-refractivity contribution is 5.39. The number of halogens is 1. The van der Waals surface area contributed by atoms with Crippen LogP contribution in [0.4, 0.5) is 4.39 Å². The molecule has 2 aromatic rings. The molecule has 0 bridgehead atoms. The largest absolute Gasteiger partial charge is 0.493 e. The van der Waals surface area contributed by atoms with Gasteiger partial charge in [0.1, 0.15) is 11.6 Å². The Morgan fingerprint density at radius 3 is 2.67 bits per heavy atom. The van der Waals surface area contributed by atoms with Gasteiger partial charge in [-0.05, 0) is 54.2 Å². The monoisotopic (exact) mass is 285 g/mol. The summed E-state index contributed by atoms with van der Waals surface area (Å²) in [5, 5.41) is 0. The molecule has 3 rings (SSSR count). The second kappa shape index (κ2) is 6.27. The Morgan fingerprint density at radius 1 is 1.10 bits per heavy atom. The molecule has 0 aromatic heterocycles. The van der Waals surface area contributed by atoms with Crippen LogP contribution in [0.1, 0.15) is 23.1 Å². The minimum atomic E-state index is -0.201. The molecule has 1 unspecified atom stereocenters. The molecular weight excluding hydrogens is 265 g/mol. The second-order valence-electron chi connectivity index (χ2n) is 5.67. The van der Waals surface area contributed by atoms with Crippen molar-refractivity contribution in [3.05, 3.63) is 65.0 Å². The smallest absolute Gasteiger partial charge is 0.123 e. The van der Waals surface area contributed by atoms with E-state index in [1.165, 1.54) is 23.3 Å². The summed E-state index contributed by atoms with van der Waals surface area (Å²) in [6.45, 7) is 0.795.